The molecule has 104 valence electrons. The maximum atomic E-state index is 9.83. The van der Waals surface area contributed by atoms with Crippen LogP contribution in [-0.4, -0.2) is 11.7 Å². The first-order valence-corrected chi connectivity index (χ1v) is 8.25. The Hall–Kier alpha value is -0.0400. The zero-order valence-electron chi connectivity index (χ0n) is 12.2. The third kappa shape index (κ3) is 2.03. The second-order valence-electron chi connectivity index (χ2n) is 7.89. The van der Waals surface area contributed by atoms with Gasteiger partial charge in [0.2, 0.25) is 0 Å². The molecule has 0 saturated heterocycles. The summed E-state index contributed by atoms with van der Waals surface area (Å²) in [5.41, 5.74) is 0.247. The van der Waals surface area contributed by atoms with E-state index in [1.54, 1.807) is 0 Å². The first kappa shape index (κ1) is 13.0. The van der Waals surface area contributed by atoms with E-state index in [0.29, 0.717) is 6.61 Å². The Bertz CT molecular complexity index is 300. The summed E-state index contributed by atoms with van der Waals surface area (Å²) in [7, 11) is 0. The zero-order chi connectivity index (χ0) is 12.8. The summed E-state index contributed by atoms with van der Waals surface area (Å²) in [5, 5.41) is 9.83. The van der Waals surface area contributed by atoms with Gasteiger partial charge in [-0.2, -0.15) is 0 Å². The molecule has 1 nitrogen and oxygen atoms in total. The van der Waals surface area contributed by atoms with Crippen LogP contribution >= 0.6 is 0 Å². The third-order valence-corrected chi connectivity index (χ3v) is 6.76. The Kier molecular flexibility index (Phi) is 3.47. The van der Waals surface area contributed by atoms with Gasteiger partial charge in [-0.25, -0.2) is 0 Å². The molecule has 3 fully saturated rings. The number of fused-ring (bicyclic) bond motifs is 3. The Morgan fingerprint density at radius 1 is 1.06 bits per heavy atom. The largest absolute Gasteiger partial charge is 0.396 e. The van der Waals surface area contributed by atoms with Crippen LogP contribution in [0.3, 0.4) is 0 Å². The molecular formula is C17H30O. The lowest BCUT2D eigenvalue weighted by Crippen LogP contribution is -2.48. The lowest BCUT2D eigenvalue weighted by Gasteiger charge is -2.55. The van der Waals surface area contributed by atoms with E-state index < -0.39 is 0 Å². The van der Waals surface area contributed by atoms with Crippen LogP contribution in [0.15, 0.2) is 0 Å². The number of rotatable bonds is 1. The van der Waals surface area contributed by atoms with Crippen LogP contribution in [0.2, 0.25) is 0 Å². The fraction of sp³-hybridized carbons (Fsp3) is 1.00. The Labute approximate surface area is 112 Å². The van der Waals surface area contributed by atoms with Crippen molar-refractivity contribution < 1.29 is 5.11 Å². The highest BCUT2D eigenvalue weighted by molar-refractivity contribution is 4.99. The average molecular weight is 250 g/mol. The summed E-state index contributed by atoms with van der Waals surface area (Å²) in [4.78, 5) is 0. The number of hydrogen-bond donors (Lipinski definition) is 1. The Balaban J connectivity index is 1.79. The highest BCUT2D eigenvalue weighted by atomic mass is 16.3. The average Bonchev–Trinajstić information content (AvgIpc) is 2.38. The highest BCUT2D eigenvalue weighted by Crippen LogP contribution is 2.57. The van der Waals surface area contributed by atoms with Crippen molar-refractivity contribution in [3.8, 4) is 0 Å². The molecule has 0 aromatic heterocycles. The van der Waals surface area contributed by atoms with E-state index in [9.17, 15) is 5.11 Å². The smallest absolute Gasteiger partial charge is 0.0487 e. The van der Waals surface area contributed by atoms with Crippen LogP contribution in [0.4, 0.5) is 0 Å². The van der Waals surface area contributed by atoms with Crippen LogP contribution in [-0.2, 0) is 0 Å². The summed E-state index contributed by atoms with van der Waals surface area (Å²) in [6.07, 6.45) is 11.4. The first-order chi connectivity index (χ1) is 8.64. The summed E-state index contributed by atoms with van der Waals surface area (Å²) >= 11 is 0. The minimum absolute atomic E-state index is 0.247. The quantitative estimate of drug-likeness (QED) is 0.737. The fourth-order valence-electron chi connectivity index (χ4n) is 5.73. The molecule has 0 aromatic carbocycles. The first-order valence-electron chi connectivity index (χ1n) is 8.25. The van der Waals surface area contributed by atoms with Gasteiger partial charge in [0.05, 0.1) is 0 Å². The molecule has 3 aliphatic carbocycles. The molecule has 3 saturated carbocycles. The maximum absolute atomic E-state index is 9.83. The van der Waals surface area contributed by atoms with Gasteiger partial charge in [-0.1, -0.05) is 26.7 Å². The van der Waals surface area contributed by atoms with Crippen LogP contribution in [0.25, 0.3) is 0 Å². The van der Waals surface area contributed by atoms with E-state index in [0.717, 1.165) is 29.6 Å². The van der Waals surface area contributed by atoms with Crippen LogP contribution in [0, 0.1) is 35.0 Å². The van der Waals surface area contributed by atoms with Gasteiger partial charge in [-0.3, -0.25) is 0 Å². The topological polar surface area (TPSA) is 20.2 Å². The standard InChI is InChI=1S/C17H30O/c1-12-5-7-14-13(10-12)6-8-16-15(14)4-3-9-17(16,2)11-18/h12-16,18H,3-11H2,1-2H3/t12?,13?,14?,15?,16?,17-/m0/s1. The van der Waals surface area contributed by atoms with Crippen molar-refractivity contribution in [1.29, 1.82) is 0 Å². The predicted octanol–water partition coefficient (Wildman–Crippen LogP) is 4.25. The van der Waals surface area contributed by atoms with Crippen molar-refractivity contribution >= 4 is 0 Å². The van der Waals surface area contributed by atoms with E-state index in [4.69, 9.17) is 0 Å². The molecule has 3 rings (SSSR count). The van der Waals surface area contributed by atoms with Gasteiger partial charge < -0.3 is 5.11 Å². The van der Waals surface area contributed by atoms with E-state index in [1.165, 1.54) is 51.4 Å². The van der Waals surface area contributed by atoms with E-state index in [2.05, 4.69) is 13.8 Å². The molecule has 1 N–H and O–H groups in total. The zero-order valence-corrected chi connectivity index (χ0v) is 12.2. The van der Waals surface area contributed by atoms with E-state index in [-0.39, 0.29) is 5.41 Å². The lowest BCUT2D eigenvalue weighted by atomic mass is 9.51. The normalized spacial score (nSPS) is 52.5. The molecule has 5 unspecified atom stereocenters. The number of aliphatic hydroxyl groups excluding tert-OH is 1. The van der Waals surface area contributed by atoms with Gasteiger partial charge in [-0.15, -0.1) is 0 Å². The third-order valence-electron chi connectivity index (χ3n) is 6.76. The molecule has 18 heavy (non-hydrogen) atoms. The molecule has 1 heteroatoms. The monoisotopic (exact) mass is 250 g/mol. The van der Waals surface area contributed by atoms with Gasteiger partial charge in [0, 0.05) is 6.61 Å². The van der Waals surface area contributed by atoms with Crippen LogP contribution < -0.4 is 0 Å². The molecule has 0 aromatic rings. The number of hydrogen-bond acceptors (Lipinski definition) is 1. The second kappa shape index (κ2) is 4.81. The van der Waals surface area contributed by atoms with Gasteiger partial charge in [0.15, 0.2) is 0 Å². The van der Waals surface area contributed by atoms with Crippen LogP contribution in [0.1, 0.15) is 65.2 Å². The SMILES string of the molecule is CC1CCC2C(CCC3C2CCC[C@@]3(C)CO)C1. The molecule has 0 bridgehead atoms. The molecular weight excluding hydrogens is 220 g/mol. The molecule has 6 atom stereocenters. The lowest BCUT2D eigenvalue weighted by molar-refractivity contribution is -0.0737. The van der Waals surface area contributed by atoms with Crippen molar-refractivity contribution in [2.24, 2.45) is 35.0 Å². The minimum atomic E-state index is 0.247. The Morgan fingerprint density at radius 3 is 2.67 bits per heavy atom. The van der Waals surface area contributed by atoms with Crippen molar-refractivity contribution in [3.05, 3.63) is 0 Å². The van der Waals surface area contributed by atoms with Crippen molar-refractivity contribution in [3.63, 3.8) is 0 Å². The molecule has 0 amide bonds. The predicted molar refractivity (Wildman–Crippen MR) is 75.3 cm³/mol. The fourth-order valence-corrected chi connectivity index (χ4v) is 5.73. The summed E-state index contributed by atoms with van der Waals surface area (Å²) < 4.78 is 0. The molecule has 0 heterocycles. The van der Waals surface area contributed by atoms with E-state index >= 15 is 0 Å². The van der Waals surface area contributed by atoms with Crippen molar-refractivity contribution in [1.82, 2.24) is 0 Å². The molecule has 0 radical (unpaired) electrons. The highest BCUT2D eigenvalue weighted by Gasteiger charge is 2.49. The van der Waals surface area contributed by atoms with Crippen LogP contribution in [0.5, 0.6) is 0 Å². The Morgan fingerprint density at radius 2 is 1.89 bits per heavy atom. The summed E-state index contributed by atoms with van der Waals surface area (Å²) in [6.45, 7) is 5.22. The van der Waals surface area contributed by atoms with E-state index in [1.807, 2.05) is 0 Å². The molecule has 3 aliphatic rings. The van der Waals surface area contributed by atoms with Gasteiger partial charge in [0.1, 0.15) is 0 Å². The van der Waals surface area contributed by atoms with Crippen molar-refractivity contribution in [2.75, 3.05) is 6.61 Å². The van der Waals surface area contributed by atoms with Gasteiger partial charge in [0.25, 0.3) is 0 Å². The second-order valence-corrected chi connectivity index (χ2v) is 7.89. The van der Waals surface area contributed by atoms with Gasteiger partial charge in [-0.05, 0) is 73.5 Å². The number of aliphatic hydroxyl groups is 1. The summed E-state index contributed by atoms with van der Waals surface area (Å²) in [6, 6.07) is 0. The maximum Gasteiger partial charge on any atom is 0.0487 e. The molecule has 0 aliphatic heterocycles. The molecule has 0 spiro atoms. The minimum Gasteiger partial charge on any atom is -0.396 e. The summed E-state index contributed by atoms with van der Waals surface area (Å²) in [5.74, 6) is 4.77. The van der Waals surface area contributed by atoms with Crippen molar-refractivity contribution in [2.45, 2.75) is 65.2 Å². The van der Waals surface area contributed by atoms with Gasteiger partial charge >= 0.3 is 0 Å².